The number of amides is 3. The van der Waals surface area contributed by atoms with Gasteiger partial charge in [-0.25, -0.2) is 4.79 Å². The summed E-state index contributed by atoms with van der Waals surface area (Å²) in [6.45, 7) is 7.03. The third-order valence-corrected chi connectivity index (χ3v) is 6.59. The van der Waals surface area contributed by atoms with Crippen LogP contribution in [0.4, 0.5) is 10.5 Å². The summed E-state index contributed by atoms with van der Waals surface area (Å²) in [5.41, 5.74) is 3.14. The maximum absolute atomic E-state index is 13.0. The number of hydrogen-bond donors (Lipinski definition) is 3. The quantitative estimate of drug-likeness (QED) is 0.484. The van der Waals surface area contributed by atoms with E-state index in [9.17, 15) is 9.59 Å². The van der Waals surface area contributed by atoms with E-state index in [0.717, 1.165) is 49.0 Å². The second-order valence-electron chi connectivity index (χ2n) is 9.39. The van der Waals surface area contributed by atoms with Crippen LogP contribution < -0.4 is 16.0 Å². The molecule has 34 heavy (non-hydrogen) atoms. The molecular formula is C26H31ClN4O3. The molecule has 4 heterocycles. The van der Waals surface area contributed by atoms with Crippen molar-refractivity contribution in [3.63, 3.8) is 0 Å². The summed E-state index contributed by atoms with van der Waals surface area (Å²) in [5.74, 6) is 0.734. The Labute approximate surface area is 205 Å². The highest BCUT2D eigenvalue weighted by molar-refractivity contribution is 6.00. The molecule has 180 valence electrons. The van der Waals surface area contributed by atoms with Gasteiger partial charge in [-0.2, -0.15) is 0 Å². The summed E-state index contributed by atoms with van der Waals surface area (Å²) >= 11 is 0. The predicted octanol–water partition coefficient (Wildman–Crippen LogP) is 4.88. The number of rotatable bonds is 5. The fourth-order valence-electron chi connectivity index (χ4n) is 4.96. The van der Waals surface area contributed by atoms with Gasteiger partial charge in [0.05, 0.1) is 0 Å². The number of piperidine rings is 3. The van der Waals surface area contributed by atoms with Crippen LogP contribution in [0.2, 0.25) is 0 Å². The lowest BCUT2D eigenvalue weighted by molar-refractivity contribution is 0.0607. The third-order valence-electron chi connectivity index (χ3n) is 6.59. The Morgan fingerprint density at radius 1 is 1.06 bits per heavy atom. The lowest BCUT2D eigenvalue weighted by Gasteiger charge is -2.44. The topological polar surface area (TPSA) is 86.6 Å². The molecule has 8 heteroatoms. The lowest BCUT2D eigenvalue weighted by Crippen LogP contribution is -2.57. The van der Waals surface area contributed by atoms with Gasteiger partial charge in [-0.1, -0.05) is 30.3 Å². The summed E-state index contributed by atoms with van der Waals surface area (Å²) in [6.07, 6.45) is 2.30. The number of furan rings is 1. The fraction of sp³-hybridized carbons (Fsp3) is 0.385. The van der Waals surface area contributed by atoms with Crippen LogP contribution in [-0.2, 0) is 0 Å². The highest BCUT2D eigenvalue weighted by atomic mass is 35.5. The van der Waals surface area contributed by atoms with Crippen molar-refractivity contribution >= 4 is 41.0 Å². The van der Waals surface area contributed by atoms with Crippen molar-refractivity contribution in [1.29, 1.82) is 0 Å². The molecule has 2 bridgehead atoms. The summed E-state index contributed by atoms with van der Waals surface area (Å²) in [7, 11) is 0. The Balaban J connectivity index is 0.00000274. The molecule has 3 fully saturated rings. The molecule has 1 atom stereocenters. The molecule has 0 saturated carbocycles. The number of carbonyl (C=O) groups excluding carboxylic acids is 2. The number of benzene rings is 2. The van der Waals surface area contributed by atoms with Crippen LogP contribution in [0.3, 0.4) is 0 Å². The smallest absolute Gasteiger partial charge is 0.319 e. The van der Waals surface area contributed by atoms with E-state index in [1.54, 1.807) is 0 Å². The van der Waals surface area contributed by atoms with E-state index >= 15 is 0 Å². The van der Waals surface area contributed by atoms with Crippen molar-refractivity contribution in [3.05, 3.63) is 54.3 Å². The average molecular weight is 483 g/mol. The van der Waals surface area contributed by atoms with Crippen LogP contribution in [0.25, 0.3) is 22.1 Å². The van der Waals surface area contributed by atoms with Gasteiger partial charge in [-0.15, -0.1) is 12.4 Å². The van der Waals surface area contributed by atoms with E-state index in [4.69, 9.17) is 4.42 Å². The minimum Gasteiger partial charge on any atom is -0.450 e. The molecule has 3 aromatic rings. The standard InChI is InChI=1S/C26H30N4O3.ClH/c1-16(2)27-26(32)28-20-7-3-5-18(13-20)21-8-4-6-19-14-23(33-24(19)21)25(31)29-22-15-30-11-9-17(22)10-12-30;/h3-8,13-14,16-17,22H,9-12,15H2,1-2H3,(H,29,31)(H2,27,28,32);1H/t22-;/m0./s1. The highest BCUT2D eigenvalue weighted by Gasteiger charge is 2.35. The van der Waals surface area contributed by atoms with Crippen molar-refractivity contribution in [3.8, 4) is 11.1 Å². The van der Waals surface area contributed by atoms with E-state index in [1.165, 1.54) is 0 Å². The molecule has 1 aromatic heterocycles. The largest absolute Gasteiger partial charge is 0.450 e. The number of anilines is 1. The Hall–Kier alpha value is -3.03. The molecule has 6 rings (SSSR count). The maximum atomic E-state index is 13.0. The van der Waals surface area contributed by atoms with Gasteiger partial charge >= 0.3 is 6.03 Å². The molecular weight excluding hydrogens is 452 g/mol. The van der Waals surface area contributed by atoms with Crippen molar-refractivity contribution in [2.75, 3.05) is 25.0 Å². The van der Waals surface area contributed by atoms with E-state index < -0.39 is 0 Å². The number of hydrogen-bond acceptors (Lipinski definition) is 4. The number of urea groups is 1. The molecule has 3 aliphatic heterocycles. The van der Waals surface area contributed by atoms with Crippen molar-refractivity contribution in [2.45, 2.75) is 38.8 Å². The normalized spacial score (nSPS) is 21.2. The first-order chi connectivity index (χ1) is 16.0. The van der Waals surface area contributed by atoms with Crippen molar-refractivity contribution in [2.24, 2.45) is 5.92 Å². The molecule has 2 aromatic carbocycles. The van der Waals surface area contributed by atoms with Gasteiger partial charge in [0.1, 0.15) is 5.58 Å². The zero-order valence-electron chi connectivity index (χ0n) is 19.5. The molecule has 7 nitrogen and oxygen atoms in total. The molecule has 0 aliphatic carbocycles. The number of carbonyl (C=O) groups is 2. The molecule has 0 unspecified atom stereocenters. The molecule has 3 amide bonds. The van der Waals surface area contributed by atoms with Gasteiger partial charge in [0, 0.05) is 35.3 Å². The Morgan fingerprint density at radius 3 is 2.53 bits per heavy atom. The van der Waals surface area contributed by atoms with E-state index in [2.05, 4.69) is 20.9 Å². The monoisotopic (exact) mass is 482 g/mol. The lowest BCUT2D eigenvalue weighted by atomic mass is 9.84. The maximum Gasteiger partial charge on any atom is 0.319 e. The highest BCUT2D eigenvalue weighted by Crippen LogP contribution is 2.33. The number of fused-ring (bicyclic) bond motifs is 4. The number of nitrogens with one attached hydrogen (secondary N) is 3. The van der Waals surface area contributed by atoms with Crippen LogP contribution in [0.1, 0.15) is 37.2 Å². The zero-order chi connectivity index (χ0) is 22.9. The third kappa shape index (κ3) is 5.05. The predicted molar refractivity (Wildman–Crippen MR) is 137 cm³/mol. The molecule has 3 aliphatic rings. The second-order valence-corrected chi connectivity index (χ2v) is 9.39. The van der Waals surface area contributed by atoms with Crippen LogP contribution in [-0.4, -0.2) is 48.6 Å². The van der Waals surface area contributed by atoms with Crippen LogP contribution in [0.15, 0.2) is 52.9 Å². The first-order valence-corrected chi connectivity index (χ1v) is 11.7. The van der Waals surface area contributed by atoms with Gasteiger partial charge in [0.2, 0.25) is 0 Å². The minimum atomic E-state index is -0.245. The first kappa shape index (κ1) is 24.1. The van der Waals surface area contributed by atoms with Gasteiger partial charge in [-0.3, -0.25) is 4.79 Å². The molecule has 0 spiro atoms. The van der Waals surface area contributed by atoms with Gasteiger partial charge < -0.3 is 25.3 Å². The SMILES string of the molecule is CC(C)NC(=O)Nc1cccc(-c2cccc3cc(C(=O)N[C@H]4CN5CCC4CC5)oc23)c1.Cl. The Kier molecular flexibility index (Phi) is 7.14. The summed E-state index contributed by atoms with van der Waals surface area (Å²) in [4.78, 5) is 27.5. The van der Waals surface area contributed by atoms with Crippen LogP contribution in [0, 0.1) is 5.92 Å². The first-order valence-electron chi connectivity index (χ1n) is 11.7. The van der Waals surface area contributed by atoms with Gasteiger partial charge in [0.15, 0.2) is 5.76 Å². The van der Waals surface area contributed by atoms with Crippen LogP contribution >= 0.6 is 12.4 Å². The van der Waals surface area contributed by atoms with E-state index in [0.29, 0.717) is 22.9 Å². The summed E-state index contributed by atoms with van der Waals surface area (Å²) in [5, 5.41) is 9.77. The Morgan fingerprint density at radius 2 is 1.82 bits per heavy atom. The number of nitrogens with zero attached hydrogens (tertiary/aromatic N) is 1. The Bertz CT molecular complexity index is 1180. The van der Waals surface area contributed by atoms with Crippen molar-refractivity contribution < 1.29 is 14.0 Å². The van der Waals surface area contributed by atoms with E-state index in [1.807, 2.05) is 62.4 Å². The average Bonchev–Trinajstić information content (AvgIpc) is 3.24. The van der Waals surface area contributed by atoms with Gasteiger partial charge in [-0.05, 0) is 69.5 Å². The van der Waals surface area contributed by atoms with E-state index in [-0.39, 0.29) is 36.4 Å². The molecule has 0 radical (unpaired) electrons. The molecule has 3 N–H and O–H groups in total. The van der Waals surface area contributed by atoms with Gasteiger partial charge in [0.25, 0.3) is 5.91 Å². The minimum absolute atomic E-state index is 0. The summed E-state index contributed by atoms with van der Waals surface area (Å²) in [6, 6.07) is 15.3. The second kappa shape index (κ2) is 10.1. The molecule has 3 saturated heterocycles. The fourth-order valence-corrected chi connectivity index (χ4v) is 4.96. The summed E-state index contributed by atoms with van der Waals surface area (Å²) < 4.78 is 6.09. The van der Waals surface area contributed by atoms with Crippen molar-refractivity contribution in [1.82, 2.24) is 15.5 Å². The van der Waals surface area contributed by atoms with Crippen LogP contribution in [0.5, 0.6) is 0 Å². The number of halogens is 1. The zero-order valence-corrected chi connectivity index (χ0v) is 20.3. The number of para-hydroxylation sites is 1.